The van der Waals surface area contributed by atoms with Crippen molar-refractivity contribution >= 4 is 0 Å². The molecular formula is C20H28O3. The Balaban J connectivity index is 1.65. The zero-order valence-corrected chi connectivity index (χ0v) is 14.4. The maximum atomic E-state index is 10.2. The number of ether oxygens (including phenoxy) is 2. The minimum absolute atomic E-state index is 0.138. The Morgan fingerprint density at radius 2 is 2.17 bits per heavy atom. The van der Waals surface area contributed by atoms with Crippen LogP contribution in [0.25, 0.3) is 0 Å². The van der Waals surface area contributed by atoms with E-state index in [1.54, 1.807) is 7.11 Å². The van der Waals surface area contributed by atoms with Crippen LogP contribution in [0.4, 0.5) is 0 Å². The number of hydrogen-bond acceptors (Lipinski definition) is 3. The van der Waals surface area contributed by atoms with Crippen LogP contribution in [0, 0.1) is 17.3 Å². The van der Waals surface area contributed by atoms with Crippen LogP contribution < -0.4 is 4.74 Å². The molecule has 0 spiro atoms. The van der Waals surface area contributed by atoms with Gasteiger partial charge in [-0.2, -0.15) is 0 Å². The molecule has 1 aromatic rings. The highest BCUT2D eigenvalue weighted by Gasteiger charge is 2.57. The summed E-state index contributed by atoms with van der Waals surface area (Å²) in [5.74, 6) is 2.45. The molecule has 4 rings (SSSR count). The Hall–Kier alpha value is -1.06. The molecule has 1 heterocycles. The van der Waals surface area contributed by atoms with Gasteiger partial charge in [-0.05, 0) is 67.7 Å². The molecule has 23 heavy (non-hydrogen) atoms. The molecule has 0 bridgehead atoms. The molecule has 1 saturated heterocycles. The van der Waals surface area contributed by atoms with E-state index < -0.39 is 0 Å². The molecule has 0 aromatic heterocycles. The Bertz CT molecular complexity index is 597. The third-order valence-corrected chi connectivity index (χ3v) is 6.93. The second kappa shape index (κ2) is 5.49. The Morgan fingerprint density at radius 1 is 1.35 bits per heavy atom. The number of hydrogen-bond donors (Lipinski definition) is 1. The van der Waals surface area contributed by atoms with Crippen molar-refractivity contribution in [3.8, 4) is 5.75 Å². The predicted octanol–water partition coefficient (Wildman–Crippen LogP) is 3.54. The highest BCUT2D eigenvalue weighted by atomic mass is 16.5. The maximum absolute atomic E-state index is 10.2. The van der Waals surface area contributed by atoms with E-state index in [4.69, 9.17) is 9.47 Å². The Morgan fingerprint density at radius 3 is 2.91 bits per heavy atom. The van der Waals surface area contributed by atoms with Crippen molar-refractivity contribution in [2.45, 2.75) is 57.7 Å². The first-order chi connectivity index (χ1) is 11.0. The quantitative estimate of drug-likeness (QED) is 0.907. The first kappa shape index (κ1) is 15.5. The molecule has 3 aliphatic rings. The topological polar surface area (TPSA) is 38.7 Å². The number of aliphatic hydroxyl groups is 1. The lowest BCUT2D eigenvalue weighted by Crippen LogP contribution is -2.48. The Labute approximate surface area is 139 Å². The fourth-order valence-electron chi connectivity index (χ4n) is 5.67. The average molecular weight is 316 g/mol. The van der Waals surface area contributed by atoms with Crippen LogP contribution in [0.3, 0.4) is 0 Å². The summed E-state index contributed by atoms with van der Waals surface area (Å²) in [6.07, 6.45) is 4.70. The van der Waals surface area contributed by atoms with Crippen LogP contribution >= 0.6 is 0 Å². The van der Waals surface area contributed by atoms with Gasteiger partial charge in [0, 0.05) is 11.3 Å². The SMILES string of the molecule is COc1ccc2c(c1)CC[C@@H]1[C@@H]2CC[C@]2(C)[C@@H](C(C)O)CO[C@@H]12. The number of aliphatic hydroxyl groups excluding tert-OH is 1. The summed E-state index contributed by atoms with van der Waals surface area (Å²) in [5, 5.41) is 10.2. The number of rotatable bonds is 2. The minimum atomic E-state index is -0.276. The third kappa shape index (κ3) is 2.24. The smallest absolute Gasteiger partial charge is 0.119 e. The van der Waals surface area contributed by atoms with Gasteiger partial charge < -0.3 is 14.6 Å². The van der Waals surface area contributed by atoms with Gasteiger partial charge in [-0.25, -0.2) is 0 Å². The van der Waals surface area contributed by atoms with Crippen LogP contribution in [0.2, 0.25) is 0 Å². The van der Waals surface area contributed by atoms with Crippen LogP contribution in [0.1, 0.15) is 50.2 Å². The molecule has 2 fully saturated rings. The molecule has 1 aromatic carbocycles. The molecule has 0 amide bonds. The van der Waals surface area contributed by atoms with Crippen molar-refractivity contribution in [2.75, 3.05) is 13.7 Å². The van der Waals surface area contributed by atoms with E-state index in [0.717, 1.165) is 25.2 Å². The summed E-state index contributed by atoms with van der Waals surface area (Å²) < 4.78 is 11.7. The molecule has 0 radical (unpaired) electrons. The lowest BCUT2D eigenvalue weighted by molar-refractivity contribution is -0.0463. The molecule has 1 unspecified atom stereocenters. The molecule has 6 atom stereocenters. The molecule has 2 aliphatic carbocycles. The van der Waals surface area contributed by atoms with Gasteiger partial charge in [0.05, 0.1) is 25.9 Å². The number of benzene rings is 1. The lowest BCUT2D eigenvalue weighted by atomic mass is 9.56. The van der Waals surface area contributed by atoms with Gasteiger partial charge in [-0.3, -0.25) is 0 Å². The highest BCUT2D eigenvalue weighted by Crippen LogP contribution is 2.58. The predicted molar refractivity (Wildman–Crippen MR) is 89.8 cm³/mol. The van der Waals surface area contributed by atoms with E-state index in [1.165, 1.54) is 24.0 Å². The van der Waals surface area contributed by atoms with Crippen molar-refractivity contribution in [2.24, 2.45) is 17.3 Å². The summed E-state index contributed by atoms with van der Waals surface area (Å²) in [6.45, 7) is 5.00. The maximum Gasteiger partial charge on any atom is 0.119 e. The van der Waals surface area contributed by atoms with Crippen molar-refractivity contribution < 1.29 is 14.6 Å². The average Bonchev–Trinajstić information content (AvgIpc) is 2.91. The second-order valence-electron chi connectivity index (χ2n) is 8.02. The molecule has 3 nitrogen and oxygen atoms in total. The molecule has 1 saturated carbocycles. The van der Waals surface area contributed by atoms with E-state index in [1.807, 2.05) is 6.92 Å². The molecule has 3 heteroatoms. The van der Waals surface area contributed by atoms with E-state index in [0.29, 0.717) is 17.9 Å². The second-order valence-corrected chi connectivity index (χ2v) is 8.02. The van der Waals surface area contributed by atoms with Crippen LogP contribution in [0.15, 0.2) is 18.2 Å². The summed E-state index contributed by atoms with van der Waals surface area (Å²) in [6, 6.07) is 6.59. The highest BCUT2D eigenvalue weighted by molar-refractivity contribution is 5.40. The molecule has 1 aliphatic heterocycles. The van der Waals surface area contributed by atoms with E-state index in [-0.39, 0.29) is 17.4 Å². The summed E-state index contributed by atoms with van der Waals surface area (Å²) in [7, 11) is 1.74. The fraction of sp³-hybridized carbons (Fsp3) is 0.700. The largest absolute Gasteiger partial charge is 0.497 e. The molecule has 126 valence electrons. The normalized spacial score (nSPS) is 40.0. The van der Waals surface area contributed by atoms with Gasteiger partial charge in [0.1, 0.15) is 5.75 Å². The zero-order valence-electron chi connectivity index (χ0n) is 14.4. The number of methoxy groups -OCH3 is 1. The molecule has 1 N–H and O–H groups in total. The zero-order chi connectivity index (χ0) is 16.2. The first-order valence-corrected chi connectivity index (χ1v) is 9.01. The van der Waals surface area contributed by atoms with E-state index in [9.17, 15) is 5.11 Å². The molecular weight excluding hydrogens is 288 g/mol. The fourth-order valence-corrected chi connectivity index (χ4v) is 5.67. The summed E-state index contributed by atoms with van der Waals surface area (Å²) in [4.78, 5) is 0. The van der Waals surface area contributed by atoms with Gasteiger partial charge in [0.15, 0.2) is 0 Å². The van der Waals surface area contributed by atoms with Gasteiger partial charge in [0.25, 0.3) is 0 Å². The standard InChI is InChI=1S/C20H28O3/c1-12(21)18-11-23-19-17-6-4-13-10-14(22-3)5-7-15(13)16(17)8-9-20(18,19)2/h5,7,10,12,16-19,21H,4,6,8-9,11H2,1-3H3/t12?,16-,17-,18-,19+,20-/m1/s1. The van der Waals surface area contributed by atoms with E-state index in [2.05, 4.69) is 25.1 Å². The number of fused-ring (bicyclic) bond motifs is 5. The minimum Gasteiger partial charge on any atom is -0.497 e. The van der Waals surface area contributed by atoms with Gasteiger partial charge in [-0.1, -0.05) is 13.0 Å². The lowest BCUT2D eigenvalue weighted by Gasteiger charge is -2.49. The van der Waals surface area contributed by atoms with Crippen molar-refractivity contribution in [1.29, 1.82) is 0 Å². The third-order valence-electron chi connectivity index (χ3n) is 6.93. The van der Waals surface area contributed by atoms with Gasteiger partial charge in [0.2, 0.25) is 0 Å². The van der Waals surface area contributed by atoms with Gasteiger partial charge in [-0.15, -0.1) is 0 Å². The number of aryl methyl sites for hydroxylation is 1. The first-order valence-electron chi connectivity index (χ1n) is 9.01. The van der Waals surface area contributed by atoms with Crippen LogP contribution in [0.5, 0.6) is 5.75 Å². The van der Waals surface area contributed by atoms with Crippen molar-refractivity contribution in [3.63, 3.8) is 0 Å². The van der Waals surface area contributed by atoms with E-state index >= 15 is 0 Å². The van der Waals surface area contributed by atoms with Crippen molar-refractivity contribution in [3.05, 3.63) is 29.3 Å². The Kier molecular flexibility index (Phi) is 3.69. The van der Waals surface area contributed by atoms with Crippen molar-refractivity contribution in [1.82, 2.24) is 0 Å². The summed E-state index contributed by atoms with van der Waals surface area (Å²) >= 11 is 0. The van der Waals surface area contributed by atoms with Crippen LogP contribution in [-0.2, 0) is 11.2 Å². The summed E-state index contributed by atoms with van der Waals surface area (Å²) in [5.41, 5.74) is 3.10. The monoisotopic (exact) mass is 316 g/mol. The van der Waals surface area contributed by atoms with Gasteiger partial charge >= 0.3 is 0 Å². The van der Waals surface area contributed by atoms with Crippen LogP contribution in [-0.4, -0.2) is 31.0 Å².